The van der Waals surface area contributed by atoms with E-state index >= 15 is 0 Å². The van der Waals surface area contributed by atoms with Gasteiger partial charge in [0.25, 0.3) is 0 Å². The summed E-state index contributed by atoms with van der Waals surface area (Å²) in [5.41, 5.74) is 1.02. The smallest absolute Gasteiger partial charge is 0.175 e. The minimum atomic E-state index is -3.09. The van der Waals surface area contributed by atoms with E-state index in [1.807, 2.05) is 26.2 Å². The number of benzene rings is 1. The first kappa shape index (κ1) is 13.0. The van der Waals surface area contributed by atoms with E-state index in [1.165, 1.54) is 6.26 Å². The minimum absolute atomic E-state index is 0.360. The third-order valence-corrected chi connectivity index (χ3v) is 3.53. The van der Waals surface area contributed by atoms with Gasteiger partial charge in [-0.3, -0.25) is 0 Å². The van der Waals surface area contributed by atoms with Gasteiger partial charge < -0.3 is 10.2 Å². The van der Waals surface area contributed by atoms with E-state index < -0.39 is 9.84 Å². The number of rotatable bonds is 5. The predicted octanol–water partition coefficient (Wildman–Crippen LogP) is 0.746. The highest BCUT2D eigenvalue weighted by atomic mass is 32.2. The van der Waals surface area contributed by atoms with Crippen LogP contribution in [0.25, 0.3) is 0 Å². The van der Waals surface area contributed by atoms with Crippen molar-refractivity contribution in [2.24, 2.45) is 0 Å². The molecule has 0 aliphatic rings. The zero-order valence-electron chi connectivity index (χ0n) is 9.90. The van der Waals surface area contributed by atoms with Crippen LogP contribution >= 0.6 is 0 Å². The average molecular weight is 242 g/mol. The molecule has 1 rings (SSSR count). The molecule has 90 valence electrons. The van der Waals surface area contributed by atoms with E-state index in [2.05, 4.69) is 10.2 Å². The lowest BCUT2D eigenvalue weighted by Gasteiger charge is -2.19. The fourth-order valence-corrected chi connectivity index (χ4v) is 1.99. The van der Waals surface area contributed by atoms with Crippen LogP contribution in [0.3, 0.4) is 0 Å². The summed E-state index contributed by atoms with van der Waals surface area (Å²) < 4.78 is 22.5. The van der Waals surface area contributed by atoms with Gasteiger partial charge in [-0.2, -0.15) is 0 Å². The van der Waals surface area contributed by atoms with Gasteiger partial charge in [-0.1, -0.05) is 0 Å². The second-order valence-corrected chi connectivity index (χ2v) is 5.81. The van der Waals surface area contributed by atoms with Crippen LogP contribution in [0.5, 0.6) is 0 Å². The summed E-state index contributed by atoms with van der Waals surface area (Å²) in [6, 6.07) is 6.93. The standard InChI is InChI=1S/C11H18N2O2S/c1-12-8-9-13(2)10-4-6-11(7-5-10)16(3,14)15/h4-7,12H,8-9H2,1-3H3. The van der Waals surface area contributed by atoms with E-state index in [-0.39, 0.29) is 0 Å². The van der Waals surface area contributed by atoms with Gasteiger partial charge in [0.05, 0.1) is 4.90 Å². The van der Waals surface area contributed by atoms with Crippen molar-refractivity contribution in [2.75, 3.05) is 38.3 Å². The Morgan fingerprint density at radius 1 is 1.25 bits per heavy atom. The van der Waals surface area contributed by atoms with Crippen LogP contribution in [-0.4, -0.2) is 41.9 Å². The number of likely N-dealkylation sites (N-methyl/N-ethyl adjacent to an activating group) is 2. The van der Waals surface area contributed by atoms with Gasteiger partial charge in [0.15, 0.2) is 9.84 Å². The molecule has 1 aromatic rings. The highest BCUT2D eigenvalue weighted by Crippen LogP contribution is 2.16. The van der Waals surface area contributed by atoms with Crippen LogP contribution < -0.4 is 10.2 Å². The summed E-state index contributed by atoms with van der Waals surface area (Å²) in [5.74, 6) is 0. The third-order valence-electron chi connectivity index (χ3n) is 2.40. The largest absolute Gasteiger partial charge is 0.373 e. The molecule has 0 aromatic heterocycles. The van der Waals surface area contributed by atoms with Crippen molar-refractivity contribution in [2.45, 2.75) is 4.90 Å². The lowest BCUT2D eigenvalue weighted by Crippen LogP contribution is -2.26. The number of hydrogen-bond donors (Lipinski definition) is 1. The maximum atomic E-state index is 11.3. The maximum Gasteiger partial charge on any atom is 0.175 e. The maximum absolute atomic E-state index is 11.3. The van der Waals surface area contributed by atoms with Crippen LogP contribution in [0, 0.1) is 0 Å². The Kier molecular flexibility index (Phi) is 4.32. The van der Waals surface area contributed by atoms with Crippen molar-refractivity contribution >= 4 is 15.5 Å². The molecule has 0 amide bonds. The number of sulfone groups is 1. The summed E-state index contributed by atoms with van der Waals surface area (Å²) in [7, 11) is 0.789. The normalized spacial score (nSPS) is 11.4. The molecule has 1 aromatic carbocycles. The summed E-state index contributed by atoms with van der Waals surface area (Å²) >= 11 is 0. The van der Waals surface area contributed by atoms with E-state index in [0.717, 1.165) is 18.8 Å². The Balaban J connectivity index is 2.79. The van der Waals surface area contributed by atoms with Gasteiger partial charge in [-0.05, 0) is 31.3 Å². The molecule has 0 fully saturated rings. The van der Waals surface area contributed by atoms with Gasteiger partial charge in [-0.25, -0.2) is 8.42 Å². The molecule has 0 aliphatic heterocycles. The Morgan fingerprint density at radius 2 is 1.81 bits per heavy atom. The number of anilines is 1. The molecule has 0 bridgehead atoms. The monoisotopic (exact) mass is 242 g/mol. The zero-order valence-corrected chi connectivity index (χ0v) is 10.7. The van der Waals surface area contributed by atoms with E-state index in [1.54, 1.807) is 12.1 Å². The quantitative estimate of drug-likeness (QED) is 0.827. The SMILES string of the molecule is CNCCN(C)c1ccc(S(C)(=O)=O)cc1. The van der Waals surface area contributed by atoms with E-state index in [9.17, 15) is 8.42 Å². The Labute approximate surface area is 97.2 Å². The molecule has 0 heterocycles. The number of hydrogen-bond acceptors (Lipinski definition) is 4. The summed E-state index contributed by atoms with van der Waals surface area (Å²) in [4.78, 5) is 2.43. The van der Waals surface area contributed by atoms with Gasteiger partial charge in [-0.15, -0.1) is 0 Å². The molecule has 4 nitrogen and oxygen atoms in total. The molecule has 5 heteroatoms. The van der Waals surface area contributed by atoms with Crippen LogP contribution in [-0.2, 0) is 9.84 Å². The lowest BCUT2D eigenvalue weighted by atomic mass is 10.3. The number of nitrogens with one attached hydrogen (secondary N) is 1. The molecular formula is C11H18N2O2S. The fourth-order valence-electron chi connectivity index (χ4n) is 1.36. The van der Waals surface area contributed by atoms with Crippen molar-refractivity contribution in [3.8, 4) is 0 Å². The molecule has 0 spiro atoms. The van der Waals surface area contributed by atoms with Crippen molar-refractivity contribution in [3.05, 3.63) is 24.3 Å². The van der Waals surface area contributed by atoms with Crippen molar-refractivity contribution < 1.29 is 8.42 Å². The minimum Gasteiger partial charge on any atom is -0.373 e. The highest BCUT2D eigenvalue weighted by Gasteiger charge is 2.07. The summed E-state index contributed by atoms with van der Waals surface area (Å²) in [6.07, 6.45) is 1.22. The molecule has 0 atom stereocenters. The first-order valence-corrected chi connectivity index (χ1v) is 7.00. The van der Waals surface area contributed by atoms with E-state index in [0.29, 0.717) is 4.90 Å². The van der Waals surface area contributed by atoms with Crippen LogP contribution in [0.4, 0.5) is 5.69 Å². The predicted molar refractivity (Wildman–Crippen MR) is 66.7 cm³/mol. The first-order chi connectivity index (χ1) is 7.45. The fraction of sp³-hybridized carbons (Fsp3) is 0.455. The highest BCUT2D eigenvalue weighted by molar-refractivity contribution is 7.90. The summed E-state index contributed by atoms with van der Waals surface area (Å²) in [6.45, 7) is 1.78. The molecule has 16 heavy (non-hydrogen) atoms. The van der Waals surface area contributed by atoms with Gasteiger partial charge >= 0.3 is 0 Å². The third kappa shape index (κ3) is 3.50. The zero-order chi connectivity index (χ0) is 12.2. The Bertz CT molecular complexity index is 426. The molecule has 0 saturated carbocycles. The Morgan fingerprint density at radius 3 is 2.25 bits per heavy atom. The second kappa shape index (κ2) is 5.32. The van der Waals surface area contributed by atoms with Crippen LogP contribution in [0.15, 0.2) is 29.2 Å². The molecule has 0 unspecified atom stereocenters. The van der Waals surface area contributed by atoms with Crippen molar-refractivity contribution in [3.63, 3.8) is 0 Å². The lowest BCUT2D eigenvalue weighted by molar-refractivity contribution is 0.602. The Hall–Kier alpha value is -1.07. The first-order valence-electron chi connectivity index (χ1n) is 5.11. The number of nitrogens with zero attached hydrogens (tertiary/aromatic N) is 1. The van der Waals surface area contributed by atoms with Crippen LogP contribution in [0.2, 0.25) is 0 Å². The molecule has 0 saturated heterocycles. The van der Waals surface area contributed by atoms with Crippen molar-refractivity contribution in [1.82, 2.24) is 5.32 Å². The average Bonchev–Trinajstić information content (AvgIpc) is 2.25. The molecule has 1 N–H and O–H groups in total. The molecule has 0 aliphatic carbocycles. The topological polar surface area (TPSA) is 49.4 Å². The van der Waals surface area contributed by atoms with Crippen LogP contribution in [0.1, 0.15) is 0 Å². The van der Waals surface area contributed by atoms with Gasteiger partial charge in [0.1, 0.15) is 0 Å². The summed E-state index contributed by atoms with van der Waals surface area (Å²) in [5, 5.41) is 3.07. The molecular weight excluding hydrogens is 224 g/mol. The van der Waals surface area contributed by atoms with Gasteiger partial charge in [0, 0.05) is 32.1 Å². The molecule has 0 radical (unpaired) electrons. The second-order valence-electron chi connectivity index (χ2n) is 3.79. The van der Waals surface area contributed by atoms with Crippen molar-refractivity contribution in [1.29, 1.82) is 0 Å². The van der Waals surface area contributed by atoms with Gasteiger partial charge in [0.2, 0.25) is 0 Å². The van der Waals surface area contributed by atoms with E-state index in [4.69, 9.17) is 0 Å².